The standard InChI is InChI=1S/C11H20N4O3/c12-8(16)7-14-10(17)11(9(13)15-18)5-3-1-2-4-6-11/h18H,1-7H2,(H2,12,16)(H2,13,15)(H,14,17). The van der Waals surface area contributed by atoms with Crippen LogP contribution in [0.2, 0.25) is 0 Å². The fraction of sp³-hybridized carbons (Fsp3) is 0.727. The van der Waals surface area contributed by atoms with Crippen LogP contribution in [-0.2, 0) is 9.59 Å². The normalized spacial score (nSPS) is 19.9. The summed E-state index contributed by atoms with van der Waals surface area (Å²) in [5.41, 5.74) is 9.66. The van der Waals surface area contributed by atoms with Crippen LogP contribution in [0.3, 0.4) is 0 Å². The minimum absolute atomic E-state index is 0.0913. The SMILES string of the molecule is NC(=O)CNC(=O)C1(C(N)=NO)CCCCCC1. The van der Waals surface area contributed by atoms with Gasteiger partial charge in [0.1, 0.15) is 5.41 Å². The van der Waals surface area contributed by atoms with E-state index in [1.165, 1.54) is 0 Å². The summed E-state index contributed by atoms with van der Waals surface area (Å²) in [7, 11) is 0. The molecule has 2 amide bonds. The lowest BCUT2D eigenvalue weighted by molar-refractivity contribution is -0.130. The van der Waals surface area contributed by atoms with Gasteiger partial charge in [-0.25, -0.2) is 0 Å². The van der Waals surface area contributed by atoms with Gasteiger partial charge in [-0.05, 0) is 12.8 Å². The van der Waals surface area contributed by atoms with Gasteiger partial charge in [0.15, 0.2) is 5.84 Å². The molecule has 1 saturated carbocycles. The number of primary amides is 1. The summed E-state index contributed by atoms with van der Waals surface area (Å²) >= 11 is 0. The van der Waals surface area contributed by atoms with Gasteiger partial charge in [-0.3, -0.25) is 9.59 Å². The molecule has 0 saturated heterocycles. The molecule has 1 aliphatic carbocycles. The molecule has 6 N–H and O–H groups in total. The lowest BCUT2D eigenvalue weighted by atomic mass is 9.78. The Morgan fingerprint density at radius 3 is 2.17 bits per heavy atom. The summed E-state index contributed by atoms with van der Waals surface area (Å²) in [6.45, 7) is -0.237. The third-order valence-corrected chi connectivity index (χ3v) is 3.41. The molecule has 0 spiro atoms. The molecule has 0 radical (unpaired) electrons. The van der Waals surface area contributed by atoms with Crippen molar-refractivity contribution in [2.24, 2.45) is 22.0 Å². The molecule has 7 heteroatoms. The summed E-state index contributed by atoms with van der Waals surface area (Å²) < 4.78 is 0. The zero-order valence-corrected chi connectivity index (χ0v) is 10.3. The van der Waals surface area contributed by atoms with E-state index >= 15 is 0 Å². The average Bonchev–Trinajstić information content (AvgIpc) is 2.61. The van der Waals surface area contributed by atoms with Crippen molar-refractivity contribution < 1.29 is 14.8 Å². The van der Waals surface area contributed by atoms with Crippen LogP contribution in [0.15, 0.2) is 5.16 Å². The monoisotopic (exact) mass is 256 g/mol. The van der Waals surface area contributed by atoms with Gasteiger partial charge < -0.3 is 22.0 Å². The predicted octanol–water partition coefficient (Wildman–Crippen LogP) is -0.325. The van der Waals surface area contributed by atoms with Gasteiger partial charge in [0.05, 0.1) is 6.54 Å². The number of rotatable bonds is 4. The number of carbonyl (C=O) groups is 2. The number of amidine groups is 1. The van der Waals surface area contributed by atoms with Crippen molar-refractivity contribution in [1.82, 2.24) is 5.32 Å². The molecule has 0 aromatic rings. The summed E-state index contributed by atoms with van der Waals surface area (Å²) in [5.74, 6) is -1.10. The molecule has 0 heterocycles. The molecule has 102 valence electrons. The van der Waals surface area contributed by atoms with E-state index in [4.69, 9.17) is 16.7 Å². The minimum Gasteiger partial charge on any atom is -0.409 e. The molecular weight excluding hydrogens is 236 g/mol. The number of nitrogens with two attached hydrogens (primary N) is 2. The fourth-order valence-electron chi connectivity index (χ4n) is 2.36. The van der Waals surface area contributed by atoms with Crippen LogP contribution >= 0.6 is 0 Å². The zero-order valence-electron chi connectivity index (χ0n) is 10.3. The molecular formula is C11H20N4O3. The first-order chi connectivity index (χ1) is 8.53. The summed E-state index contributed by atoms with van der Waals surface area (Å²) in [6, 6.07) is 0. The van der Waals surface area contributed by atoms with Crippen molar-refractivity contribution in [2.75, 3.05) is 6.54 Å². The highest BCUT2D eigenvalue weighted by molar-refractivity contribution is 6.07. The van der Waals surface area contributed by atoms with Gasteiger partial charge in [-0.2, -0.15) is 0 Å². The molecule has 18 heavy (non-hydrogen) atoms. The van der Waals surface area contributed by atoms with Gasteiger partial charge >= 0.3 is 0 Å². The second-order valence-corrected chi connectivity index (χ2v) is 4.63. The van der Waals surface area contributed by atoms with Crippen molar-refractivity contribution in [3.05, 3.63) is 0 Å². The number of carbonyl (C=O) groups excluding carboxylic acids is 2. The number of hydrogen-bond donors (Lipinski definition) is 4. The Kier molecular flexibility index (Phi) is 4.94. The largest absolute Gasteiger partial charge is 0.409 e. The highest BCUT2D eigenvalue weighted by Gasteiger charge is 2.42. The van der Waals surface area contributed by atoms with Gasteiger partial charge in [0, 0.05) is 0 Å². The van der Waals surface area contributed by atoms with Crippen molar-refractivity contribution in [3.63, 3.8) is 0 Å². The maximum Gasteiger partial charge on any atom is 0.236 e. The molecule has 0 atom stereocenters. The van der Waals surface area contributed by atoms with Crippen LogP contribution in [0.25, 0.3) is 0 Å². The van der Waals surface area contributed by atoms with Crippen molar-refractivity contribution >= 4 is 17.6 Å². The van der Waals surface area contributed by atoms with E-state index in [0.717, 1.165) is 25.7 Å². The Morgan fingerprint density at radius 2 is 1.72 bits per heavy atom. The minimum atomic E-state index is -1.01. The summed E-state index contributed by atoms with van der Waals surface area (Å²) in [6.07, 6.45) is 4.74. The van der Waals surface area contributed by atoms with Crippen molar-refractivity contribution in [1.29, 1.82) is 0 Å². The maximum absolute atomic E-state index is 12.2. The van der Waals surface area contributed by atoms with E-state index in [-0.39, 0.29) is 12.4 Å². The Labute approximate surface area is 106 Å². The average molecular weight is 256 g/mol. The molecule has 0 aliphatic heterocycles. The second kappa shape index (κ2) is 6.23. The first kappa shape index (κ1) is 14.3. The molecule has 1 aliphatic rings. The zero-order chi connectivity index (χ0) is 13.6. The second-order valence-electron chi connectivity index (χ2n) is 4.63. The fourth-order valence-corrected chi connectivity index (χ4v) is 2.36. The third kappa shape index (κ3) is 3.12. The Balaban J connectivity index is 2.88. The van der Waals surface area contributed by atoms with E-state index in [1.54, 1.807) is 0 Å². The topological polar surface area (TPSA) is 131 Å². The van der Waals surface area contributed by atoms with Crippen LogP contribution in [0.4, 0.5) is 0 Å². The van der Waals surface area contributed by atoms with E-state index in [1.807, 2.05) is 0 Å². The van der Waals surface area contributed by atoms with Gasteiger partial charge in [0.2, 0.25) is 11.8 Å². The smallest absolute Gasteiger partial charge is 0.236 e. The van der Waals surface area contributed by atoms with Crippen LogP contribution in [0.1, 0.15) is 38.5 Å². The van der Waals surface area contributed by atoms with E-state index in [0.29, 0.717) is 12.8 Å². The molecule has 0 bridgehead atoms. The van der Waals surface area contributed by atoms with E-state index in [9.17, 15) is 9.59 Å². The van der Waals surface area contributed by atoms with Crippen molar-refractivity contribution in [2.45, 2.75) is 38.5 Å². The quantitative estimate of drug-likeness (QED) is 0.180. The number of nitrogens with one attached hydrogen (secondary N) is 1. The summed E-state index contributed by atoms with van der Waals surface area (Å²) in [5, 5.41) is 14.3. The molecule has 7 nitrogen and oxygen atoms in total. The van der Waals surface area contributed by atoms with Gasteiger partial charge in [0.25, 0.3) is 0 Å². The van der Waals surface area contributed by atoms with Crippen LogP contribution in [0, 0.1) is 5.41 Å². The highest BCUT2D eigenvalue weighted by atomic mass is 16.4. The molecule has 1 fully saturated rings. The first-order valence-electron chi connectivity index (χ1n) is 6.07. The van der Waals surface area contributed by atoms with E-state index in [2.05, 4.69) is 10.5 Å². The predicted molar refractivity (Wildman–Crippen MR) is 65.7 cm³/mol. The number of nitrogens with zero attached hydrogens (tertiary/aromatic N) is 1. The van der Waals surface area contributed by atoms with Gasteiger partial charge in [-0.15, -0.1) is 0 Å². The number of oxime groups is 1. The lowest BCUT2D eigenvalue weighted by Crippen LogP contribution is -2.51. The van der Waals surface area contributed by atoms with Crippen LogP contribution in [-0.4, -0.2) is 29.4 Å². The molecule has 0 aromatic carbocycles. The van der Waals surface area contributed by atoms with Crippen molar-refractivity contribution in [3.8, 4) is 0 Å². The van der Waals surface area contributed by atoms with Crippen LogP contribution < -0.4 is 16.8 Å². The molecule has 1 rings (SSSR count). The third-order valence-electron chi connectivity index (χ3n) is 3.41. The highest BCUT2D eigenvalue weighted by Crippen LogP contribution is 2.35. The Hall–Kier alpha value is -1.79. The number of amides is 2. The first-order valence-corrected chi connectivity index (χ1v) is 6.07. The number of hydrogen-bond acceptors (Lipinski definition) is 4. The maximum atomic E-state index is 12.2. The Bertz CT molecular complexity index is 346. The lowest BCUT2D eigenvalue weighted by Gasteiger charge is -2.29. The van der Waals surface area contributed by atoms with Crippen LogP contribution in [0.5, 0.6) is 0 Å². The molecule has 0 unspecified atom stereocenters. The van der Waals surface area contributed by atoms with Gasteiger partial charge in [-0.1, -0.05) is 30.8 Å². The Morgan fingerprint density at radius 1 is 1.17 bits per heavy atom. The summed E-state index contributed by atoms with van der Waals surface area (Å²) in [4.78, 5) is 22.9. The molecule has 0 aromatic heterocycles. The van der Waals surface area contributed by atoms with E-state index < -0.39 is 17.2 Å².